The number of esters is 1. The first-order valence-electron chi connectivity index (χ1n) is 9.12. The minimum Gasteiger partial charge on any atom is -0.446 e. The Labute approximate surface area is 155 Å². The van der Waals surface area contributed by atoms with Crippen molar-refractivity contribution in [3.63, 3.8) is 0 Å². The molecular weight excluding hydrogens is 326 g/mol. The first-order chi connectivity index (χ1) is 12.5. The van der Waals surface area contributed by atoms with Crippen LogP contribution >= 0.6 is 0 Å². The van der Waals surface area contributed by atoms with Crippen molar-refractivity contribution < 1.29 is 14.3 Å². The van der Waals surface area contributed by atoms with E-state index in [9.17, 15) is 9.59 Å². The Bertz CT molecular complexity index is 738. The van der Waals surface area contributed by atoms with Gasteiger partial charge in [0.05, 0.1) is 5.92 Å². The summed E-state index contributed by atoms with van der Waals surface area (Å²) in [5.41, 5.74) is 1.99. The summed E-state index contributed by atoms with van der Waals surface area (Å²) < 4.78 is 5.60. The molecule has 0 aliphatic carbocycles. The number of hydrogen-bond donors (Lipinski definition) is 0. The van der Waals surface area contributed by atoms with E-state index in [1.54, 1.807) is 24.3 Å². The Hall–Kier alpha value is -2.46. The molecule has 4 heteroatoms. The number of ether oxygens (including phenoxy) is 1. The summed E-state index contributed by atoms with van der Waals surface area (Å²) in [5.74, 6) is -0.769. The monoisotopic (exact) mass is 353 g/mol. The smallest absolute Gasteiger partial charge is 0.314 e. The van der Waals surface area contributed by atoms with Crippen molar-refractivity contribution in [3.8, 4) is 0 Å². The molecule has 0 aliphatic heterocycles. The summed E-state index contributed by atoms with van der Waals surface area (Å²) in [6, 6.07) is 16.4. The normalized spacial score (nSPS) is 13.3. The maximum absolute atomic E-state index is 12.6. The maximum Gasteiger partial charge on any atom is 0.314 e. The Morgan fingerprint density at radius 2 is 1.54 bits per heavy atom. The molecule has 2 atom stereocenters. The van der Waals surface area contributed by atoms with E-state index in [1.165, 1.54) is 0 Å². The highest BCUT2D eigenvalue weighted by Crippen LogP contribution is 2.21. The highest BCUT2D eigenvalue weighted by Gasteiger charge is 2.22. The van der Waals surface area contributed by atoms with Crippen LogP contribution < -0.4 is 0 Å². The van der Waals surface area contributed by atoms with Crippen LogP contribution in [0, 0.1) is 0 Å². The molecule has 0 saturated carbocycles. The minimum absolute atomic E-state index is 0.0514. The van der Waals surface area contributed by atoms with Gasteiger partial charge in [0.2, 0.25) is 0 Å². The van der Waals surface area contributed by atoms with E-state index >= 15 is 0 Å². The fourth-order valence-corrected chi connectivity index (χ4v) is 2.92. The first kappa shape index (κ1) is 19.9. The van der Waals surface area contributed by atoms with Crippen LogP contribution in [-0.2, 0) is 9.53 Å². The minimum atomic E-state index is -0.434. The average Bonchev–Trinajstić information content (AvgIpc) is 2.68. The second kappa shape index (κ2) is 9.30. The topological polar surface area (TPSA) is 46.6 Å². The molecule has 0 N–H and O–H groups in total. The van der Waals surface area contributed by atoms with Crippen LogP contribution in [0.4, 0.5) is 0 Å². The third kappa shape index (κ3) is 4.79. The van der Waals surface area contributed by atoms with Gasteiger partial charge >= 0.3 is 5.97 Å². The molecule has 0 amide bonds. The van der Waals surface area contributed by atoms with E-state index < -0.39 is 5.92 Å². The van der Waals surface area contributed by atoms with Gasteiger partial charge in [-0.15, -0.1) is 0 Å². The highest BCUT2D eigenvalue weighted by molar-refractivity contribution is 6.09. The number of rotatable bonds is 8. The van der Waals surface area contributed by atoms with Gasteiger partial charge in [-0.25, -0.2) is 0 Å². The molecule has 2 rings (SSSR count). The molecule has 0 spiro atoms. The molecule has 0 bridgehead atoms. The van der Waals surface area contributed by atoms with Crippen molar-refractivity contribution in [2.75, 3.05) is 13.1 Å². The van der Waals surface area contributed by atoms with Gasteiger partial charge in [-0.1, -0.05) is 62.4 Å². The second-order valence-electron chi connectivity index (χ2n) is 6.30. The van der Waals surface area contributed by atoms with Crippen molar-refractivity contribution in [3.05, 3.63) is 71.3 Å². The van der Waals surface area contributed by atoms with Crippen molar-refractivity contribution in [2.24, 2.45) is 0 Å². The largest absolute Gasteiger partial charge is 0.446 e. The number of carbonyl (C=O) groups excluding carboxylic acids is 2. The van der Waals surface area contributed by atoms with Crippen LogP contribution in [0.5, 0.6) is 0 Å². The van der Waals surface area contributed by atoms with Crippen LogP contribution in [0.15, 0.2) is 54.6 Å². The standard InChI is InChI=1S/C22H27NO3/c1-5-23(6-2)17(4)26-22(25)16(3)19-13-10-14-20(15-19)21(24)18-11-8-7-9-12-18/h7-17H,5-6H2,1-4H3. The molecule has 0 radical (unpaired) electrons. The molecule has 0 heterocycles. The summed E-state index contributed by atoms with van der Waals surface area (Å²) in [7, 11) is 0. The predicted octanol–water partition coefficient (Wildman–Crippen LogP) is 4.25. The fraction of sp³-hybridized carbons (Fsp3) is 0.364. The molecule has 2 aromatic carbocycles. The van der Waals surface area contributed by atoms with Gasteiger partial charge in [-0.05, 0) is 38.6 Å². The van der Waals surface area contributed by atoms with Crippen LogP contribution in [-0.4, -0.2) is 36.0 Å². The van der Waals surface area contributed by atoms with Gasteiger partial charge in [0.25, 0.3) is 0 Å². The van der Waals surface area contributed by atoms with E-state index in [1.807, 2.05) is 58.0 Å². The lowest BCUT2D eigenvalue weighted by atomic mass is 9.96. The molecule has 0 aromatic heterocycles. The molecule has 2 aromatic rings. The summed E-state index contributed by atoms with van der Waals surface area (Å²) >= 11 is 0. The van der Waals surface area contributed by atoms with Gasteiger partial charge in [-0.3, -0.25) is 14.5 Å². The summed E-state index contributed by atoms with van der Waals surface area (Å²) in [6.45, 7) is 9.41. The Kier molecular flexibility index (Phi) is 7.10. The number of hydrogen-bond acceptors (Lipinski definition) is 4. The van der Waals surface area contributed by atoms with Gasteiger partial charge in [0.1, 0.15) is 0 Å². The quantitative estimate of drug-likeness (QED) is 0.404. The molecular formula is C22H27NO3. The number of carbonyl (C=O) groups is 2. The summed E-state index contributed by atoms with van der Waals surface area (Å²) in [6.07, 6.45) is -0.269. The van der Waals surface area contributed by atoms with E-state index in [-0.39, 0.29) is 18.0 Å². The Balaban J connectivity index is 2.13. The number of nitrogens with zero attached hydrogens (tertiary/aromatic N) is 1. The number of benzene rings is 2. The van der Waals surface area contributed by atoms with E-state index in [0.29, 0.717) is 11.1 Å². The molecule has 0 saturated heterocycles. The first-order valence-corrected chi connectivity index (χ1v) is 9.12. The third-order valence-electron chi connectivity index (χ3n) is 4.65. The third-order valence-corrected chi connectivity index (χ3v) is 4.65. The van der Waals surface area contributed by atoms with Crippen molar-refractivity contribution in [1.29, 1.82) is 0 Å². The average molecular weight is 353 g/mol. The van der Waals surface area contributed by atoms with Gasteiger partial charge < -0.3 is 4.74 Å². The van der Waals surface area contributed by atoms with Gasteiger partial charge in [0.15, 0.2) is 12.0 Å². The van der Waals surface area contributed by atoms with E-state index in [0.717, 1.165) is 18.7 Å². The summed E-state index contributed by atoms with van der Waals surface area (Å²) in [4.78, 5) is 27.2. The van der Waals surface area contributed by atoms with Crippen molar-refractivity contribution >= 4 is 11.8 Å². The Morgan fingerprint density at radius 3 is 2.15 bits per heavy atom. The fourth-order valence-electron chi connectivity index (χ4n) is 2.92. The maximum atomic E-state index is 12.6. The van der Waals surface area contributed by atoms with E-state index in [2.05, 4.69) is 4.90 Å². The lowest BCUT2D eigenvalue weighted by molar-refractivity contribution is -0.158. The molecule has 0 fully saturated rings. The van der Waals surface area contributed by atoms with E-state index in [4.69, 9.17) is 4.74 Å². The van der Waals surface area contributed by atoms with Crippen LogP contribution in [0.2, 0.25) is 0 Å². The summed E-state index contributed by atoms with van der Waals surface area (Å²) in [5, 5.41) is 0. The molecule has 4 nitrogen and oxygen atoms in total. The molecule has 138 valence electrons. The molecule has 0 aliphatic rings. The van der Waals surface area contributed by atoms with Crippen molar-refractivity contribution in [2.45, 2.75) is 39.8 Å². The zero-order chi connectivity index (χ0) is 19.1. The predicted molar refractivity (Wildman–Crippen MR) is 103 cm³/mol. The lowest BCUT2D eigenvalue weighted by Crippen LogP contribution is -2.37. The van der Waals surface area contributed by atoms with Crippen LogP contribution in [0.3, 0.4) is 0 Å². The van der Waals surface area contributed by atoms with Crippen LogP contribution in [0.25, 0.3) is 0 Å². The van der Waals surface area contributed by atoms with Gasteiger partial charge in [-0.2, -0.15) is 0 Å². The van der Waals surface area contributed by atoms with Crippen molar-refractivity contribution in [1.82, 2.24) is 4.90 Å². The van der Waals surface area contributed by atoms with Crippen LogP contribution in [0.1, 0.15) is 55.1 Å². The highest BCUT2D eigenvalue weighted by atomic mass is 16.6. The SMILES string of the molecule is CCN(CC)C(C)OC(=O)C(C)c1cccc(C(=O)c2ccccc2)c1. The van der Waals surface area contributed by atoms with Gasteiger partial charge in [0, 0.05) is 11.1 Å². The zero-order valence-electron chi connectivity index (χ0n) is 15.9. The Morgan fingerprint density at radius 1 is 0.923 bits per heavy atom. The molecule has 26 heavy (non-hydrogen) atoms. The second-order valence-corrected chi connectivity index (χ2v) is 6.30. The zero-order valence-corrected chi connectivity index (χ0v) is 15.9. The number of ketones is 1. The molecule has 2 unspecified atom stereocenters. The lowest BCUT2D eigenvalue weighted by Gasteiger charge is -2.27.